The lowest BCUT2D eigenvalue weighted by Crippen LogP contribution is -2.24. The number of nitro groups is 1. The van der Waals surface area contributed by atoms with E-state index in [1.807, 2.05) is 12.1 Å². The number of hydrogen-bond donors (Lipinski definition) is 2. The van der Waals surface area contributed by atoms with Crippen LogP contribution in [0.1, 0.15) is 21.5 Å². The number of benzene rings is 2. The Morgan fingerprint density at radius 2 is 2.03 bits per heavy atom. The first kappa shape index (κ1) is 22.5. The summed E-state index contributed by atoms with van der Waals surface area (Å²) in [5, 5.41) is 24.6. The van der Waals surface area contributed by atoms with E-state index in [0.717, 1.165) is 16.9 Å². The molecule has 2 heterocycles. The molecule has 11 nitrogen and oxygen atoms in total. The largest absolute Gasteiger partial charge is 0.454 e. The van der Waals surface area contributed by atoms with E-state index in [-0.39, 0.29) is 40.4 Å². The van der Waals surface area contributed by atoms with Gasteiger partial charge in [0.1, 0.15) is 0 Å². The summed E-state index contributed by atoms with van der Waals surface area (Å²) >= 11 is 2.29. The third-order valence-electron chi connectivity index (χ3n) is 4.63. The molecule has 3 aromatic rings. The minimum atomic E-state index is -0.538. The summed E-state index contributed by atoms with van der Waals surface area (Å²) in [6.07, 6.45) is 0. The molecule has 1 aromatic heterocycles. The number of rotatable bonds is 8. The van der Waals surface area contributed by atoms with Gasteiger partial charge in [0.05, 0.1) is 10.7 Å². The van der Waals surface area contributed by atoms with Crippen molar-refractivity contribution in [1.29, 1.82) is 0 Å². The van der Waals surface area contributed by atoms with Crippen LogP contribution in [0.25, 0.3) is 0 Å². The number of ether oxygens (including phenoxy) is 2. The number of nitro benzene ring substituents is 1. The van der Waals surface area contributed by atoms with E-state index in [9.17, 15) is 19.7 Å². The zero-order chi connectivity index (χ0) is 23.4. The van der Waals surface area contributed by atoms with Crippen molar-refractivity contribution in [2.45, 2.75) is 17.8 Å². The van der Waals surface area contributed by atoms with Gasteiger partial charge in [0, 0.05) is 23.7 Å². The molecule has 2 aromatic carbocycles. The Kier molecular flexibility index (Phi) is 6.70. The fraction of sp³-hybridized carbons (Fsp3) is 0.200. The van der Waals surface area contributed by atoms with Crippen molar-refractivity contribution in [3.05, 3.63) is 63.2 Å². The van der Waals surface area contributed by atoms with Crippen molar-refractivity contribution in [3.8, 4) is 11.5 Å². The standard InChI is InChI=1S/C20H17N5O6S2/c1-11-13(3-2-4-14(11)25(28)29)18(27)22-19-23-24-20(33-19)32-9-17(26)21-8-12-5-6-15-16(7-12)31-10-30-15/h2-7H,8-10H2,1H3,(H,21,26)(H,22,23,27). The minimum absolute atomic E-state index is 0.122. The molecule has 4 rings (SSSR count). The third-order valence-corrected chi connectivity index (χ3v) is 6.60. The minimum Gasteiger partial charge on any atom is -0.454 e. The number of fused-ring (bicyclic) bond motifs is 1. The topological polar surface area (TPSA) is 146 Å². The van der Waals surface area contributed by atoms with Gasteiger partial charge < -0.3 is 14.8 Å². The molecule has 1 aliphatic heterocycles. The van der Waals surface area contributed by atoms with Gasteiger partial charge in [-0.2, -0.15) is 0 Å². The normalized spacial score (nSPS) is 11.8. The quantitative estimate of drug-likeness (QED) is 0.212. The molecule has 0 aliphatic carbocycles. The molecule has 0 bridgehead atoms. The molecular formula is C20H17N5O6S2. The van der Waals surface area contributed by atoms with Crippen LogP contribution in [0.5, 0.6) is 11.5 Å². The van der Waals surface area contributed by atoms with Crippen LogP contribution in [0.3, 0.4) is 0 Å². The van der Waals surface area contributed by atoms with Crippen molar-refractivity contribution >= 4 is 45.7 Å². The Labute approximate surface area is 195 Å². The van der Waals surface area contributed by atoms with Crippen LogP contribution in [-0.2, 0) is 11.3 Å². The number of nitrogens with one attached hydrogen (secondary N) is 2. The summed E-state index contributed by atoms with van der Waals surface area (Å²) in [4.78, 5) is 35.2. The predicted octanol–water partition coefficient (Wildman–Crippen LogP) is 3.14. The molecule has 13 heteroatoms. The summed E-state index contributed by atoms with van der Waals surface area (Å²) < 4.78 is 11.1. The lowest BCUT2D eigenvalue weighted by Gasteiger charge is -2.05. The Morgan fingerprint density at radius 3 is 2.85 bits per heavy atom. The van der Waals surface area contributed by atoms with E-state index < -0.39 is 10.8 Å². The third kappa shape index (κ3) is 5.38. The predicted molar refractivity (Wildman–Crippen MR) is 121 cm³/mol. The van der Waals surface area contributed by atoms with Crippen LogP contribution in [0.2, 0.25) is 0 Å². The number of carbonyl (C=O) groups excluding carboxylic acids is 2. The molecule has 0 fully saturated rings. The fourth-order valence-corrected chi connectivity index (χ4v) is 4.56. The van der Waals surface area contributed by atoms with Crippen molar-refractivity contribution in [1.82, 2.24) is 15.5 Å². The number of aromatic nitrogens is 2. The van der Waals surface area contributed by atoms with Crippen molar-refractivity contribution in [2.24, 2.45) is 0 Å². The maximum atomic E-state index is 12.5. The van der Waals surface area contributed by atoms with E-state index in [1.54, 1.807) is 6.07 Å². The van der Waals surface area contributed by atoms with E-state index in [4.69, 9.17) is 9.47 Å². The highest BCUT2D eigenvalue weighted by molar-refractivity contribution is 8.01. The van der Waals surface area contributed by atoms with Gasteiger partial charge in [-0.15, -0.1) is 10.2 Å². The molecule has 0 unspecified atom stereocenters. The van der Waals surface area contributed by atoms with Crippen LogP contribution in [0, 0.1) is 17.0 Å². The second-order valence-electron chi connectivity index (χ2n) is 6.79. The molecule has 1 aliphatic rings. The molecule has 0 saturated heterocycles. The number of thioether (sulfide) groups is 1. The molecular weight excluding hydrogens is 470 g/mol. The number of nitrogens with zero attached hydrogens (tertiary/aromatic N) is 3. The first-order valence-corrected chi connectivity index (χ1v) is 11.4. The fourth-order valence-electron chi connectivity index (χ4n) is 2.98. The van der Waals surface area contributed by atoms with Gasteiger partial charge in [0.25, 0.3) is 11.6 Å². The Morgan fingerprint density at radius 1 is 1.21 bits per heavy atom. The summed E-state index contributed by atoms with van der Waals surface area (Å²) in [6.45, 7) is 2.05. The molecule has 0 spiro atoms. The first-order valence-electron chi connectivity index (χ1n) is 9.57. The summed E-state index contributed by atoms with van der Waals surface area (Å²) in [5.74, 6) is 0.744. The van der Waals surface area contributed by atoms with Gasteiger partial charge in [-0.1, -0.05) is 35.2 Å². The van der Waals surface area contributed by atoms with Crippen molar-refractivity contribution in [3.63, 3.8) is 0 Å². The molecule has 170 valence electrons. The van der Waals surface area contributed by atoms with Gasteiger partial charge in [0.2, 0.25) is 17.8 Å². The lowest BCUT2D eigenvalue weighted by molar-refractivity contribution is -0.385. The second kappa shape index (κ2) is 9.83. The summed E-state index contributed by atoms with van der Waals surface area (Å²) in [5.41, 5.74) is 1.19. The van der Waals surface area contributed by atoms with E-state index in [1.165, 1.54) is 36.9 Å². The summed E-state index contributed by atoms with van der Waals surface area (Å²) in [7, 11) is 0. The van der Waals surface area contributed by atoms with Gasteiger partial charge in [-0.05, 0) is 30.7 Å². The highest BCUT2D eigenvalue weighted by Crippen LogP contribution is 2.32. The SMILES string of the molecule is Cc1c(C(=O)Nc2nnc(SCC(=O)NCc3ccc4c(c3)OCO4)s2)cccc1[N+](=O)[O-]. The molecule has 0 atom stereocenters. The highest BCUT2D eigenvalue weighted by atomic mass is 32.2. The number of carbonyl (C=O) groups is 2. The molecule has 33 heavy (non-hydrogen) atoms. The van der Waals surface area contributed by atoms with Gasteiger partial charge >= 0.3 is 0 Å². The van der Waals surface area contributed by atoms with Gasteiger partial charge in [-0.25, -0.2) is 0 Å². The van der Waals surface area contributed by atoms with E-state index in [2.05, 4.69) is 20.8 Å². The average molecular weight is 488 g/mol. The Balaban J connectivity index is 1.27. The average Bonchev–Trinajstić information content (AvgIpc) is 3.45. The smallest absolute Gasteiger partial charge is 0.273 e. The molecule has 2 amide bonds. The number of anilines is 1. The highest BCUT2D eigenvalue weighted by Gasteiger charge is 2.19. The Hall–Kier alpha value is -3.71. The van der Waals surface area contributed by atoms with Crippen LogP contribution < -0.4 is 20.1 Å². The van der Waals surface area contributed by atoms with Gasteiger partial charge in [-0.3, -0.25) is 25.0 Å². The van der Waals surface area contributed by atoms with Crippen LogP contribution >= 0.6 is 23.1 Å². The second-order valence-corrected chi connectivity index (χ2v) is 8.99. The first-order chi connectivity index (χ1) is 15.9. The monoisotopic (exact) mass is 487 g/mol. The van der Waals surface area contributed by atoms with Crippen molar-refractivity contribution in [2.75, 3.05) is 17.9 Å². The maximum absolute atomic E-state index is 12.5. The van der Waals surface area contributed by atoms with Crippen LogP contribution in [0.15, 0.2) is 40.7 Å². The zero-order valence-electron chi connectivity index (χ0n) is 17.2. The van der Waals surface area contributed by atoms with E-state index in [0.29, 0.717) is 22.4 Å². The van der Waals surface area contributed by atoms with Crippen molar-refractivity contribution < 1.29 is 24.0 Å². The Bertz CT molecular complexity index is 1230. The van der Waals surface area contributed by atoms with E-state index >= 15 is 0 Å². The molecule has 0 saturated carbocycles. The number of hydrogen-bond acceptors (Lipinski definition) is 10. The molecule has 0 radical (unpaired) electrons. The molecule has 2 N–H and O–H groups in total. The number of amides is 2. The lowest BCUT2D eigenvalue weighted by atomic mass is 10.1. The zero-order valence-corrected chi connectivity index (χ0v) is 18.8. The van der Waals surface area contributed by atoms with Crippen LogP contribution in [-0.4, -0.2) is 39.5 Å². The van der Waals surface area contributed by atoms with Crippen LogP contribution in [0.4, 0.5) is 10.8 Å². The maximum Gasteiger partial charge on any atom is 0.273 e. The summed E-state index contributed by atoms with van der Waals surface area (Å²) in [6, 6.07) is 9.75. The van der Waals surface area contributed by atoms with Gasteiger partial charge in [0.15, 0.2) is 15.8 Å².